The Balaban J connectivity index is 1.78. The summed E-state index contributed by atoms with van der Waals surface area (Å²) in [4.78, 5) is 29.5. The van der Waals surface area contributed by atoms with Crippen LogP contribution in [0.3, 0.4) is 0 Å². The topological polar surface area (TPSA) is 81.4 Å². The zero-order valence-electron chi connectivity index (χ0n) is 18.1. The van der Waals surface area contributed by atoms with Crippen LogP contribution in [0.5, 0.6) is 0 Å². The number of hydrogen-bond donors (Lipinski definition) is 1. The lowest BCUT2D eigenvalue weighted by atomic mass is 10.1. The van der Waals surface area contributed by atoms with Crippen molar-refractivity contribution in [3.05, 3.63) is 39.6 Å². The van der Waals surface area contributed by atoms with E-state index >= 15 is 0 Å². The van der Waals surface area contributed by atoms with Gasteiger partial charge in [-0.25, -0.2) is 4.79 Å². The first-order valence-electron chi connectivity index (χ1n) is 10.9. The Hall–Kier alpha value is -2.05. The molecule has 0 radical (unpaired) electrons. The summed E-state index contributed by atoms with van der Waals surface area (Å²) in [6, 6.07) is 4.95. The number of benzene rings is 1. The summed E-state index contributed by atoms with van der Waals surface area (Å²) in [5.74, 6) is -0.892. The molecular weight excluding hydrogens is 439 g/mol. The SMILES string of the molecule is CCCCCCCCCCCC(=O)NOC(=O)c1c(-c2c(Cl)cccc2Cl)noc1C. The van der Waals surface area contributed by atoms with E-state index in [9.17, 15) is 9.59 Å². The summed E-state index contributed by atoms with van der Waals surface area (Å²) in [5, 5.41) is 4.55. The van der Waals surface area contributed by atoms with Gasteiger partial charge in [-0.1, -0.05) is 92.7 Å². The molecule has 31 heavy (non-hydrogen) atoms. The highest BCUT2D eigenvalue weighted by molar-refractivity contribution is 6.39. The van der Waals surface area contributed by atoms with Crippen LogP contribution in [0, 0.1) is 6.92 Å². The van der Waals surface area contributed by atoms with E-state index in [0.717, 1.165) is 19.3 Å². The van der Waals surface area contributed by atoms with Crippen LogP contribution < -0.4 is 5.48 Å². The van der Waals surface area contributed by atoms with Crippen molar-refractivity contribution in [2.45, 2.75) is 78.1 Å². The highest BCUT2D eigenvalue weighted by Gasteiger charge is 2.26. The molecule has 0 unspecified atom stereocenters. The summed E-state index contributed by atoms with van der Waals surface area (Å²) in [6.07, 6.45) is 10.7. The van der Waals surface area contributed by atoms with Gasteiger partial charge in [-0.3, -0.25) is 4.79 Å². The molecule has 8 heteroatoms. The summed E-state index contributed by atoms with van der Waals surface area (Å²) >= 11 is 12.4. The Morgan fingerprint density at radius 3 is 2.19 bits per heavy atom. The minimum Gasteiger partial charge on any atom is -0.360 e. The van der Waals surface area contributed by atoms with E-state index in [-0.39, 0.29) is 22.9 Å². The van der Waals surface area contributed by atoms with Gasteiger partial charge in [0.25, 0.3) is 5.91 Å². The minimum absolute atomic E-state index is 0.0679. The van der Waals surface area contributed by atoms with E-state index in [1.54, 1.807) is 25.1 Å². The third kappa shape index (κ3) is 7.86. The summed E-state index contributed by atoms with van der Waals surface area (Å²) in [7, 11) is 0. The Bertz CT molecular complexity index is 847. The van der Waals surface area contributed by atoms with E-state index in [1.807, 2.05) is 0 Å². The van der Waals surface area contributed by atoms with E-state index in [4.69, 9.17) is 32.6 Å². The lowest BCUT2D eigenvalue weighted by molar-refractivity contribution is -0.130. The number of nitrogens with one attached hydrogen (secondary N) is 1. The number of rotatable bonds is 12. The van der Waals surface area contributed by atoms with Gasteiger partial charge < -0.3 is 9.36 Å². The molecule has 1 heterocycles. The van der Waals surface area contributed by atoms with Gasteiger partial charge in [-0.05, 0) is 25.5 Å². The second-order valence-corrected chi connectivity index (χ2v) is 8.37. The molecule has 0 spiro atoms. The van der Waals surface area contributed by atoms with Gasteiger partial charge in [0.1, 0.15) is 17.0 Å². The van der Waals surface area contributed by atoms with E-state index in [2.05, 4.69) is 17.6 Å². The van der Waals surface area contributed by atoms with Crippen molar-refractivity contribution < 1.29 is 18.9 Å². The van der Waals surface area contributed by atoms with Gasteiger partial charge in [0.05, 0.1) is 10.0 Å². The van der Waals surface area contributed by atoms with Crippen LogP contribution in [0.15, 0.2) is 22.7 Å². The van der Waals surface area contributed by atoms with Gasteiger partial charge in [0, 0.05) is 12.0 Å². The molecule has 0 saturated carbocycles. The second kappa shape index (κ2) is 13.4. The molecule has 2 rings (SSSR count). The summed E-state index contributed by atoms with van der Waals surface area (Å²) < 4.78 is 5.14. The number of halogens is 2. The average molecular weight is 469 g/mol. The maximum Gasteiger partial charge on any atom is 0.368 e. The smallest absolute Gasteiger partial charge is 0.360 e. The molecule has 1 aromatic heterocycles. The molecular formula is C23H30Cl2N2O4. The molecule has 1 N–H and O–H groups in total. The molecule has 170 valence electrons. The first kappa shape index (κ1) is 25.2. The number of nitrogens with zero attached hydrogens (tertiary/aromatic N) is 1. The number of hydroxylamine groups is 1. The monoisotopic (exact) mass is 468 g/mol. The van der Waals surface area contributed by atoms with Crippen molar-refractivity contribution in [2.75, 3.05) is 0 Å². The lowest BCUT2D eigenvalue weighted by Gasteiger charge is -2.08. The van der Waals surface area contributed by atoms with Crippen molar-refractivity contribution in [1.29, 1.82) is 0 Å². The van der Waals surface area contributed by atoms with Gasteiger partial charge in [0.15, 0.2) is 0 Å². The zero-order valence-corrected chi connectivity index (χ0v) is 19.7. The largest absolute Gasteiger partial charge is 0.368 e. The Morgan fingerprint density at radius 1 is 1.00 bits per heavy atom. The molecule has 0 bridgehead atoms. The predicted octanol–water partition coefficient (Wildman–Crippen LogP) is 7.07. The molecule has 0 saturated heterocycles. The average Bonchev–Trinajstić information content (AvgIpc) is 3.11. The molecule has 6 nitrogen and oxygen atoms in total. The Kier molecular flexibility index (Phi) is 10.9. The molecule has 0 aliphatic carbocycles. The fourth-order valence-corrected chi connectivity index (χ4v) is 3.89. The van der Waals surface area contributed by atoms with E-state index in [0.29, 0.717) is 22.0 Å². The van der Waals surface area contributed by atoms with Crippen LogP contribution in [0.2, 0.25) is 10.0 Å². The highest BCUT2D eigenvalue weighted by Crippen LogP contribution is 2.36. The zero-order chi connectivity index (χ0) is 22.6. The fourth-order valence-electron chi connectivity index (χ4n) is 3.31. The molecule has 0 aliphatic heterocycles. The van der Waals surface area contributed by atoms with Crippen LogP contribution in [-0.4, -0.2) is 17.0 Å². The molecule has 0 fully saturated rings. The molecule has 1 amide bonds. The van der Waals surface area contributed by atoms with Gasteiger partial charge in [-0.15, -0.1) is 0 Å². The van der Waals surface area contributed by atoms with Gasteiger partial charge in [0.2, 0.25) is 0 Å². The minimum atomic E-state index is -0.787. The van der Waals surface area contributed by atoms with Crippen molar-refractivity contribution in [1.82, 2.24) is 10.6 Å². The number of carbonyl (C=O) groups excluding carboxylic acids is 2. The molecule has 1 aromatic carbocycles. The van der Waals surface area contributed by atoms with Crippen LogP contribution in [0.1, 0.15) is 87.3 Å². The van der Waals surface area contributed by atoms with Crippen LogP contribution in [0.25, 0.3) is 11.3 Å². The molecule has 0 aliphatic rings. The van der Waals surface area contributed by atoms with Crippen LogP contribution >= 0.6 is 23.2 Å². The first-order chi connectivity index (χ1) is 15.0. The normalized spacial score (nSPS) is 10.8. The highest BCUT2D eigenvalue weighted by atomic mass is 35.5. The quantitative estimate of drug-likeness (QED) is 0.266. The van der Waals surface area contributed by atoms with Crippen molar-refractivity contribution in [3.63, 3.8) is 0 Å². The Labute approximate surface area is 193 Å². The van der Waals surface area contributed by atoms with Crippen LogP contribution in [-0.2, 0) is 9.63 Å². The third-order valence-electron chi connectivity index (χ3n) is 5.03. The van der Waals surface area contributed by atoms with E-state index in [1.165, 1.54) is 38.5 Å². The Morgan fingerprint density at radius 2 is 1.58 bits per heavy atom. The molecule has 0 atom stereocenters. The van der Waals surface area contributed by atoms with E-state index < -0.39 is 5.97 Å². The lowest BCUT2D eigenvalue weighted by Crippen LogP contribution is -2.27. The second-order valence-electron chi connectivity index (χ2n) is 7.55. The maximum atomic E-state index is 12.5. The first-order valence-corrected chi connectivity index (χ1v) is 11.6. The summed E-state index contributed by atoms with van der Waals surface area (Å²) in [5.41, 5.74) is 2.82. The third-order valence-corrected chi connectivity index (χ3v) is 5.66. The number of aryl methyl sites for hydroxylation is 1. The number of amides is 1. The van der Waals surface area contributed by atoms with Crippen molar-refractivity contribution >= 4 is 35.1 Å². The van der Waals surface area contributed by atoms with Crippen LogP contribution in [0.4, 0.5) is 0 Å². The number of unbranched alkanes of at least 4 members (excludes halogenated alkanes) is 8. The predicted molar refractivity (Wildman–Crippen MR) is 122 cm³/mol. The van der Waals surface area contributed by atoms with Gasteiger partial charge >= 0.3 is 5.97 Å². The number of aromatic nitrogens is 1. The maximum absolute atomic E-state index is 12.5. The summed E-state index contributed by atoms with van der Waals surface area (Å²) in [6.45, 7) is 3.78. The van der Waals surface area contributed by atoms with Gasteiger partial charge in [-0.2, -0.15) is 5.48 Å². The molecule has 2 aromatic rings. The number of carbonyl (C=O) groups is 2. The van der Waals surface area contributed by atoms with Crippen molar-refractivity contribution in [2.24, 2.45) is 0 Å². The standard InChI is InChI=1S/C23H30Cl2N2O4/c1-3-4-5-6-7-8-9-10-11-15-19(28)26-31-23(29)20-16(2)30-27-22(20)21-17(24)13-12-14-18(21)25/h12-14H,3-11,15H2,1-2H3,(H,26,28). The number of hydrogen-bond acceptors (Lipinski definition) is 5. The fraction of sp³-hybridized carbons (Fsp3) is 0.522. The van der Waals surface area contributed by atoms with Crippen molar-refractivity contribution in [3.8, 4) is 11.3 Å².